The fourth-order valence-corrected chi connectivity index (χ4v) is 15.8. The fourth-order valence-electron chi connectivity index (χ4n) is 13.9. The van der Waals surface area contributed by atoms with Gasteiger partial charge in [0.1, 0.15) is 66.5 Å². The summed E-state index contributed by atoms with van der Waals surface area (Å²) in [5.74, 6) is -12.4. The molecule has 6 aliphatic rings. The molecule has 0 spiro atoms. The van der Waals surface area contributed by atoms with Gasteiger partial charge in [-0.05, 0) is 109 Å². The van der Waals surface area contributed by atoms with Gasteiger partial charge < -0.3 is 132 Å². The van der Waals surface area contributed by atoms with Gasteiger partial charge in [-0.2, -0.15) is 11.8 Å². The van der Waals surface area contributed by atoms with E-state index in [0.29, 0.717) is 19.3 Å². The van der Waals surface area contributed by atoms with Gasteiger partial charge in [-0.15, -0.1) is 0 Å². The monoisotopic (exact) mass is 1610 g/mol. The van der Waals surface area contributed by atoms with E-state index in [4.69, 9.17) is 33.2 Å². The van der Waals surface area contributed by atoms with Crippen molar-refractivity contribution in [2.75, 3.05) is 77.9 Å². The van der Waals surface area contributed by atoms with Gasteiger partial charge in [0, 0.05) is 56.7 Å². The van der Waals surface area contributed by atoms with Gasteiger partial charge in [-0.3, -0.25) is 81.6 Å². The van der Waals surface area contributed by atoms with Gasteiger partial charge in [-0.1, -0.05) is 20.3 Å². The molecule has 26 N–H and O–H groups in total. The minimum absolute atomic E-state index is 0.000811. The summed E-state index contributed by atoms with van der Waals surface area (Å²) in [6.45, 7) is 0.326. The lowest BCUT2D eigenvalue weighted by Gasteiger charge is -2.34. The highest BCUT2D eigenvalue weighted by atomic mass is 32.2. The van der Waals surface area contributed by atoms with Crippen molar-refractivity contribution in [1.82, 2.24) is 78.1 Å². The molecule has 6 rings (SSSR count). The Balaban J connectivity index is 1.05. The van der Waals surface area contributed by atoms with E-state index in [-0.39, 0.29) is 163 Å². The third-order valence-corrected chi connectivity index (χ3v) is 21.6. The van der Waals surface area contributed by atoms with Crippen LogP contribution in [0.25, 0.3) is 0 Å². The first-order chi connectivity index (χ1) is 52.5. The number of hydrogen-bond donors (Lipinski definition) is 21. The van der Waals surface area contributed by atoms with Gasteiger partial charge in [0.2, 0.25) is 82.7 Å². The molecular weight excluding hydrogens is 1500 g/mol. The molecule has 46 heteroatoms. The maximum atomic E-state index is 14.7. The number of thioether (sulfide) groups is 1. The average molecular weight is 1610 g/mol. The Kier molecular flexibility index (Phi) is 35.5. The number of likely N-dealkylation sites (tertiary alicyclic amines) is 4. The number of guanidine groups is 2. The third kappa shape index (κ3) is 27.6. The van der Waals surface area contributed by atoms with Crippen LogP contribution in [0, 0.1) is 5.92 Å². The average Bonchev–Trinajstić information content (AvgIpc) is 1.70. The number of nitrogens with zero attached hydrogens (tertiary/aromatic N) is 6. The van der Waals surface area contributed by atoms with Gasteiger partial charge >= 0.3 is 13.9 Å². The molecule has 0 saturated carbocycles. The summed E-state index contributed by atoms with van der Waals surface area (Å²) in [4.78, 5) is 236. The molecular formula is C65H109N22O22PS. The number of carbonyl (C=O) groups is 15. The largest absolute Gasteiger partial charge is 0.469 e. The normalized spacial score (nSPS) is 22.1. The second-order valence-corrected chi connectivity index (χ2v) is 30.9. The molecule has 622 valence electrons. The number of hydrogen-bond acceptors (Lipinski definition) is 23. The van der Waals surface area contributed by atoms with E-state index < -0.39 is 190 Å². The van der Waals surface area contributed by atoms with Crippen molar-refractivity contribution in [3.05, 3.63) is 0 Å². The highest BCUT2D eigenvalue weighted by Gasteiger charge is 2.48. The van der Waals surface area contributed by atoms with Crippen molar-refractivity contribution in [2.45, 2.75) is 220 Å². The number of carbonyl (C=O) groups excluding carboxylic acids is 15. The number of amides is 16. The lowest BCUT2D eigenvalue weighted by molar-refractivity contribution is -0.150. The number of aliphatic hydroxyl groups excluding tert-OH is 3. The molecule has 0 aliphatic carbocycles. The van der Waals surface area contributed by atoms with E-state index >= 15 is 0 Å². The Bertz CT molecular complexity index is 3460. The second-order valence-electron chi connectivity index (χ2n) is 28.4. The lowest BCUT2D eigenvalue weighted by Crippen LogP contribution is -2.61. The number of aliphatic imine (C=N–C) groups is 2. The summed E-state index contributed by atoms with van der Waals surface area (Å²) in [5.41, 5.74) is 27.0. The first kappa shape index (κ1) is 90.6. The number of rotatable bonds is 43. The molecule has 0 radical (unpaired) electrons. The maximum absolute atomic E-state index is 14.7. The number of urea groups is 1. The molecule has 0 aromatic carbocycles. The van der Waals surface area contributed by atoms with Crippen LogP contribution in [-0.4, -0.2) is 313 Å². The van der Waals surface area contributed by atoms with Crippen LogP contribution in [0.3, 0.4) is 0 Å². The van der Waals surface area contributed by atoms with Crippen molar-refractivity contribution in [1.29, 1.82) is 0 Å². The summed E-state index contributed by atoms with van der Waals surface area (Å²) in [6, 6.07) is -16.7. The lowest BCUT2D eigenvalue weighted by atomic mass is 10.0. The number of nitrogens with one attached hydrogen (secondary N) is 11. The van der Waals surface area contributed by atoms with Gasteiger partial charge in [0.05, 0.1) is 51.1 Å². The molecule has 6 aliphatic heterocycles. The van der Waals surface area contributed by atoms with Crippen LogP contribution >= 0.6 is 19.6 Å². The zero-order valence-electron chi connectivity index (χ0n) is 62.3. The number of nitrogens with two attached hydrogens (primary N) is 5. The molecule has 0 aromatic heterocycles. The van der Waals surface area contributed by atoms with Crippen molar-refractivity contribution in [3.8, 4) is 0 Å². The number of phosphoric ester groups is 1. The summed E-state index contributed by atoms with van der Waals surface area (Å²) < 4.78 is 16.9. The zero-order chi connectivity index (χ0) is 82.0. The topological polar surface area (TPSA) is 684 Å². The Morgan fingerprint density at radius 3 is 1.59 bits per heavy atom. The molecule has 16 amide bonds. The summed E-state index contributed by atoms with van der Waals surface area (Å²) in [7, 11) is -5.41. The SMILES string of the molecule is CC(C)C[C@H](NC(=O)[C@@H]1CCCN1C(=O)[C@@H]1CCCN1C(=O)[C@@H](NC(=O)[C@@H]1CCCN1C(=O)CNC(=O)CNC(=O)CCCC[C@@H]1SC[C@@H]2NC(=O)N[C@@H]21)[C@@H](C)O)C(=O)N[C@@H](COP(=O)(O)O)C(=O)N1CCC[C@H]1C(=O)N[C@@H](CO)C(=O)N[C@@H](CCCN=C(N)N)C(=O)N[C@@H](CCCN=C(N)N)C(=O)N[C@@H](CO)C(N)=O. The molecule has 6 heterocycles. The quantitative estimate of drug-likeness (QED) is 0.00886. The maximum Gasteiger partial charge on any atom is 0.469 e. The first-order valence-corrected chi connectivity index (χ1v) is 39.7. The Hall–Kier alpha value is -9.27. The number of fused-ring (bicyclic) bond motifs is 1. The Morgan fingerprint density at radius 1 is 0.568 bits per heavy atom. The van der Waals surface area contributed by atoms with Crippen molar-refractivity contribution in [3.63, 3.8) is 0 Å². The van der Waals surface area contributed by atoms with Crippen LogP contribution < -0.4 is 87.2 Å². The molecule has 0 bridgehead atoms. The highest BCUT2D eigenvalue weighted by Crippen LogP contribution is 2.37. The highest BCUT2D eigenvalue weighted by molar-refractivity contribution is 8.00. The van der Waals surface area contributed by atoms with Crippen molar-refractivity contribution in [2.24, 2.45) is 44.6 Å². The first-order valence-electron chi connectivity index (χ1n) is 37.1. The third-order valence-electron chi connectivity index (χ3n) is 19.6. The number of phosphoric acid groups is 1. The summed E-state index contributed by atoms with van der Waals surface area (Å²) >= 11 is 1.77. The standard InChI is InChI=1S/C65H109N22O22PS/c1-33(2)26-37(55(97)80-40(31-109-110(106,107)108)60(102)85-23-9-15-43(85)58(100)79-39(30-89)56(98)76-35(12-6-20-71-63(67)68)53(95)75-36(13-7-21-72-64(69)70)54(96)78-38(29-88)52(66)94)77-57(99)44-16-10-24-86(44)61(103)45-17-11-25-87(45)62(104)50(34(3)90)82-59(101)42-14-8-22-84(42)49(93)28-74-48(92)27-73-47(91)19-5-4-18-46-51-41(32-111-46)81-65(105)83-51/h33-46,50-51,88-90H,4-32H2,1-3H3,(H2,66,94)(H,73,91)(H,74,92)(H,75,95)(H,76,98)(H,77,99)(H,78,96)(H,79,100)(H,80,97)(H,82,101)(H4,67,68,71)(H4,69,70,72)(H2,81,83,105)(H2,106,107,108)/t34-,35+,36+,37+,38+,39+,40+,41+,42+,43+,44+,45+,46+,50+,51+/m1/s1. The molecule has 6 fully saturated rings. The number of primary amides is 1. The molecule has 6 saturated heterocycles. The van der Waals surface area contributed by atoms with E-state index in [1.54, 1.807) is 25.6 Å². The van der Waals surface area contributed by atoms with Crippen LogP contribution in [0.4, 0.5) is 4.79 Å². The number of aliphatic hydroxyl groups is 3. The summed E-state index contributed by atoms with van der Waals surface area (Å²) in [6.07, 6.45) is 1.60. The Labute approximate surface area is 644 Å². The van der Waals surface area contributed by atoms with E-state index in [0.717, 1.165) is 23.5 Å². The van der Waals surface area contributed by atoms with E-state index in [1.807, 2.05) is 0 Å². The van der Waals surface area contributed by atoms with Crippen LogP contribution in [0.1, 0.15) is 130 Å². The molecule has 0 aromatic rings. The van der Waals surface area contributed by atoms with Crippen LogP contribution in [-0.2, 0) is 76.2 Å². The van der Waals surface area contributed by atoms with Crippen LogP contribution in [0.5, 0.6) is 0 Å². The second kappa shape index (κ2) is 43.5. The van der Waals surface area contributed by atoms with Crippen LogP contribution in [0.15, 0.2) is 9.98 Å². The van der Waals surface area contributed by atoms with Crippen LogP contribution in [0.2, 0.25) is 0 Å². The van der Waals surface area contributed by atoms with Gasteiger partial charge in [-0.25, -0.2) is 9.36 Å². The van der Waals surface area contributed by atoms with Crippen molar-refractivity contribution < 1.29 is 106 Å². The molecule has 0 unspecified atom stereocenters. The van der Waals surface area contributed by atoms with Gasteiger partial charge in [0.15, 0.2) is 11.9 Å². The summed E-state index contributed by atoms with van der Waals surface area (Å²) in [5, 5.41) is 59.3. The smallest absolute Gasteiger partial charge is 0.394 e. The van der Waals surface area contributed by atoms with Crippen molar-refractivity contribution >= 4 is 120 Å². The zero-order valence-corrected chi connectivity index (χ0v) is 64.1. The minimum atomic E-state index is -5.41. The molecule has 111 heavy (non-hydrogen) atoms. The van der Waals surface area contributed by atoms with E-state index in [1.165, 1.54) is 21.6 Å². The Morgan fingerprint density at radius 2 is 1.05 bits per heavy atom. The minimum Gasteiger partial charge on any atom is -0.394 e. The number of unbranched alkanes of at least 4 members (excludes halogenated alkanes) is 1. The predicted molar refractivity (Wildman–Crippen MR) is 395 cm³/mol. The van der Waals surface area contributed by atoms with Gasteiger partial charge in [0.25, 0.3) is 0 Å². The van der Waals surface area contributed by atoms with E-state index in [2.05, 4.69) is 68.5 Å². The molecule has 44 nitrogen and oxygen atoms in total. The molecule has 15 atom stereocenters. The predicted octanol–water partition coefficient (Wildman–Crippen LogP) is -9.58. The fraction of sp³-hybridized carbons (Fsp3) is 0.738. The van der Waals surface area contributed by atoms with E-state index in [9.17, 15) is 102 Å².